The third-order valence-electron chi connectivity index (χ3n) is 3.08. The summed E-state index contributed by atoms with van der Waals surface area (Å²) in [5.41, 5.74) is -0.590. The minimum atomic E-state index is -0.590. The Kier molecular flexibility index (Phi) is 4.89. The van der Waals surface area contributed by atoms with Gasteiger partial charge in [0.25, 0.3) is 0 Å². The molecule has 2 N–H and O–H groups in total. The van der Waals surface area contributed by atoms with Gasteiger partial charge in [-0.25, -0.2) is 0 Å². The SMILES string of the molecule is CC(=O)N(C)CC(=O)NC1(CO)CCOCC1. The molecule has 98 valence electrons. The molecule has 0 spiro atoms. The third-order valence-corrected chi connectivity index (χ3v) is 3.08. The molecule has 0 aromatic heterocycles. The lowest BCUT2D eigenvalue weighted by atomic mass is 9.91. The molecule has 0 bridgehead atoms. The van der Waals surface area contributed by atoms with Gasteiger partial charge in [-0.05, 0) is 12.8 Å². The summed E-state index contributed by atoms with van der Waals surface area (Å²) >= 11 is 0. The van der Waals surface area contributed by atoms with E-state index < -0.39 is 5.54 Å². The van der Waals surface area contributed by atoms with Gasteiger partial charge in [0, 0.05) is 27.2 Å². The summed E-state index contributed by atoms with van der Waals surface area (Å²) in [5, 5.41) is 12.2. The Labute approximate surface area is 101 Å². The fourth-order valence-corrected chi connectivity index (χ4v) is 1.75. The number of ether oxygens (including phenoxy) is 1. The smallest absolute Gasteiger partial charge is 0.240 e. The van der Waals surface area contributed by atoms with Gasteiger partial charge in [-0.3, -0.25) is 9.59 Å². The van der Waals surface area contributed by atoms with Crippen LogP contribution in [-0.2, 0) is 14.3 Å². The second kappa shape index (κ2) is 5.97. The van der Waals surface area contributed by atoms with Crippen LogP contribution in [0, 0.1) is 0 Å². The van der Waals surface area contributed by atoms with Crippen LogP contribution in [0.4, 0.5) is 0 Å². The first kappa shape index (κ1) is 13.9. The molecule has 1 aliphatic rings. The highest BCUT2D eigenvalue weighted by atomic mass is 16.5. The van der Waals surface area contributed by atoms with E-state index in [0.29, 0.717) is 26.1 Å². The first-order valence-corrected chi connectivity index (χ1v) is 5.70. The van der Waals surface area contributed by atoms with Crippen molar-refractivity contribution in [2.45, 2.75) is 25.3 Å². The highest BCUT2D eigenvalue weighted by molar-refractivity contribution is 5.84. The number of carbonyl (C=O) groups is 2. The number of carbonyl (C=O) groups excluding carboxylic acids is 2. The van der Waals surface area contributed by atoms with E-state index in [0.717, 1.165) is 0 Å². The van der Waals surface area contributed by atoms with Crippen LogP contribution in [0.25, 0.3) is 0 Å². The average Bonchev–Trinajstić information content (AvgIpc) is 2.29. The number of rotatable bonds is 4. The number of nitrogens with zero attached hydrogens (tertiary/aromatic N) is 1. The molecule has 0 aromatic carbocycles. The van der Waals surface area contributed by atoms with Crippen LogP contribution < -0.4 is 5.32 Å². The molecule has 0 saturated carbocycles. The van der Waals surface area contributed by atoms with Crippen molar-refractivity contribution in [3.8, 4) is 0 Å². The van der Waals surface area contributed by atoms with Crippen molar-refractivity contribution in [2.75, 3.05) is 33.4 Å². The van der Waals surface area contributed by atoms with Crippen molar-refractivity contribution in [2.24, 2.45) is 0 Å². The van der Waals surface area contributed by atoms with Crippen LogP contribution in [0.5, 0.6) is 0 Å². The van der Waals surface area contributed by atoms with Crippen molar-refractivity contribution in [3.63, 3.8) is 0 Å². The first-order chi connectivity index (χ1) is 7.99. The average molecular weight is 244 g/mol. The minimum absolute atomic E-state index is 0.0118. The summed E-state index contributed by atoms with van der Waals surface area (Å²) in [7, 11) is 1.57. The molecule has 0 aliphatic carbocycles. The number of aliphatic hydroxyl groups is 1. The summed E-state index contributed by atoms with van der Waals surface area (Å²) < 4.78 is 5.20. The zero-order chi connectivity index (χ0) is 12.9. The predicted molar refractivity (Wildman–Crippen MR) is 61.3 cm³/mol. The molecule has 1 aliphatic heterocycles. The van der Waals surface area contributed by atoms with Gasteiger partial charge < -0.3 is 20.1 Å². The predicted octanol–water partition coefficient (Wildman–Crippen LogP) is -0.878. The number of nitrogens with one attached hydrogen (secondary N) is 1. The molecule has 6 nitrogen and oxygen atoms in total. The fraction of sp³-hybridized carbons (Fsp3) is 0.818. The summed E-state index contributed by atoms with van der Waals surface area (Å²) in [5.74, 6) is -0.413. The van der Waals surface area contributed by atoms with Crippen molar-refractivity contribution in [3.05, 3.63) is 0 Å². The van der Waals surface area contributed by atoms with Crippen molar-refractivity contribution in [1.29, 1.82) is 0 Å². The number of hydrogen-bond donors (Lipinski definition) is 2. The Balaban J connectivity index is 2.50. The Bertz CT molecular complexity index is 287. The zero-order valence-electron chi connectivity index (χ0n) is 10.4. The topological polar surface area (TPSA) is 78.9 Å². The summed E-state index contributed by atoms with van der Waals surface area (Å²) in [4.78, 5) is 24.1. The third kappa shape index (κ3) is 3.98. The molecular weight excluding hydrogens is 224 g/mol. The van der Waals surface area contributed by atoms with E-state index in [1.54, 1.807) is 7.05 Å². The molecule has 6 heteroatoms. The summed E-state index contributed by atoms with van der Waals surface area (Å²) in [6.45, 7) is 2.38. The number of amides is 2. The maximum Gasteiger partial charge on any atom is 0.240 e. The van der Waals surface area contributed by atoms with E-state index in [1.807, 2.05) is 0 Å². The Morgan fingerprint density at radius 2 is 2.00 bits per heavy atom. The fourth-order valence-electron chi connectivity index (χ4n) is 1.75. The Morgan fingerprint density at radius 1 is 1.41 bits per heavy atom. The quantitative estimate of drug-likeness (QED) is 0.673. The second-order valence-corrected chi connectivity index (χ2v) is 4.47. The first-order valence-electron chi connectivity index (χ1n) is 5.70. The van der Waals surface area contributed by atoms with Crippen LogP contribution in [0.15, 0.2) is 0 Å². The largest absolute Gasteiger partial charge is 0.394 e. The number of likely N-dealkylation sites (N-methyl/N-ethyl adjacent to an activating group) is 1. The molecule has 0 aromatic rings. The van der Waals surface area contributed by atoms with Gasteiger partial charge >= 0.3 is 0 Å². The van der Waals surface area contributed by atoms with Gasteiger partial charge in [-0.2, -0.15) is 0 Å². The van der Waals surface area contributed by atoms with Crippen molar-refractivity contribution in [1.82, 2.24) is 10.2 Å². The highest BCUT2D eigenvalue weighted by Crippen LogP contribution is 2.19. The van der Waals surface area contributed by atoms with Gasteiger partial charge in [0.2, 0.25) is 11.8 Å². The van der Waals surface area contributed by atoms with E-state index in [2.05, 4.69) is 5.32 Å². The van der Waals surface area contributed by atoms with Gasteiger partial charge in [-0.15, -0.1) is 0 Å². The summed E-state index contributed by atoms with van der Waals surface area (Å²) in [6, 6.07) is 0. The second-order valence-electron chi connectivity index (χ2n) is 4.47. The zero-order valence-corrected chi connectivity index (χ0v) is 10.4. The van der Waals surface area contributed by atoms with Gasteiger partial charge in [0.1, 0.15) is 0 Å². The molecule has 1 heterocycles. The van der Waals surface area contributed by atoms with Crippen molar-refractivity contribution < 1.29 is 19.4 Å². The van der Waals surface area contributed by atoms with Gasteiger partial charge in [0.05, 0.1) is 18.7 Å². The molecule has 1 fully saturated rings. The standard InChI is InChI=1S/C11H20N2O4/c1-9(15)13(2)7-10(16)12-11(8-14)3-5-17-6-4-11/h14H,3-8H2,1-2H3,(H,12,16). The minimum Gasteiger partial charge on any atom is -0.394 e. The van der Waals surface area contributed by atoms with E-state index in [-0.39, 0.29) is 25.0 Å². The lowest BCUT2D eigenvalue weighted by Gasteiger charge is -2.36. The number of aliphatic hydroxyl groups excluding tert-OH is 1. The number of hydrogen-bond acceptors (Lipinski definition) is 4. The Hall–Kier alpha value is -1.14. The monoisotopic (exact) mass is 244 g/mol. The normalized spacial score (nSPS) is 18.5. The maximum atomic E-state index is 11.7. The molecule has 2 amide bonds. The highest BCUT2D eigenvalue weighted by Gasteiger charge is 2.33. The van der Waals surface area contributed by atoms with Crippen LogP contribution >= 0.6 is 0 Å². The Morgan fingerprint density at radius 3 is 2.47 bits per heavy atom. The molecule has 0 atom stereocenters. The van der Waals surface area contributed by atoms with Crippen LogP contribution in [0.2, 0.25) is 0 Å². The van der Waals surface area contributed by atoms with Crippen LogP contribution in [-0.4, -0.2) is 60.8 Å². The van der Waals surface area contributed by atoms with E-state index in [9.17, 15) is 14.7 Å². The lowest BCUT2D eigenvalue weighted by molar-refractivity contribution is -0.134. The maximum absolute atomic E-state index is 11.7. The molecule has 0 radical (unpaired) electrons. The van der Waals surface area contributed by atoms with Gasteiger partial charge in [0.15, 0.2) is 0 Å². The van der Waals surface area contributed by atoms with Crippen LogP contribution in [0.3, 0.4) is 0 Å². The van der Waals surface area contributed by atoms with Gasteiger partial charge in [-0.1, -0.05) is 0 Å². The summed E-state index contributed by atoms with van der Waals surface area (Å²) in [6.07, 6.45) is 1.19. The lowest BCUT2D eigenvalue weighted by Crippen LogP contribution is -2.56. The molecule has 0 unspecified atom stereocenters. The molecule has 17 heavy (non-hydrogen) atoms. The molecular formula is C11H20N2O4. The van der Waals surface area contributed by atoms with Crippen molar-refractivity contribution >= 4 is 11.8 Å². The molecule has 1 rings (SSSR count). The van der Waals surface area contributed by atoms with E-state index in [1.165, 1.54) is 11.8 Å². The molecule has 1 saturated heterocycles. The van der Waals surface area contributed by atoms with E-state index in [4.69, 9.17) is 4.74 Å². The van der Waals surface area contributed by atoms with Crippen LogP contribution in [0.1, 0.15) is 19.8 Å². The van der Waals surface area contributed by atoms with E-state index >= 15 is 0 Å².